The molecule has 0 radical (unpaired) electrons. The van der Waals surface area contributed by atoms with Gasteiger partial charge in [-0.05, 0) is 6.42 Å². The molecule has 1 atom stereocenters. The Labute approximate surface area is 96.3 Å². The Bertz CT molecular complexity index is 349. The predicted octanol–water partition coefficient (Wildman–Crippen LogP) is -0.716. The zero-order valence-corrected chi connectivity index (χ0v) is 10.5. The molecule has 2 aliphatic rings. The minimum atomic E-state index is -3.39. The predicted molar refractivity (Wildman–Crippen MR) is 58.3 cm³/mol. The lowest BCUT2D eigenvalue weighted by Crippen LogP contribution is -2.61. The number of hydrogen-bond donors (Lipinski definition) is 0. The van der Waals surface area contributed by atoms with Crippen molar-refractivity contribution in [3.8, 4) is 0 Å². The van der Waals surface area contributed by atoms with E-state index in [1.54, 1.807) is 14.1 Å². The van der Waals surface area contributed by atoms with E-state index in [1.807, 2.05) is 0 Å². The molecule has 0 saturated carbocycles. The molecule has 0 aromatic carbocycles. The van der Waals surface area contributed by atoms with Crippen LogP contribution in [-0.2, 0) is 19.7 Å². The fourth-order valence-electron chi connectivity index (χ4n) is 2.18. The minimum Gasteiger partial charge on any atom is -0.379 e. The molecule has 0 aromatic rings. The lowest BCUT2D eigenvalue weighted by molar-refractivity contribution is -0.0312. The number of ether oxygens (including phenoxy) is 2. The van der Waals surface area contributed by atoms with Crippen molar-refractivity contribution in [2.45, 2.75) is 12.0 Å². The van der Waals surface area contributed by atoms with Gasteiger partial charge in [-0.25, -0.2) is 0 Å². The molecule has 1 spiro atoms. The lowest BCUT2D eigenvalue weighted by atomic mass is 9.99. The van der Waals surface area contributed by atoms with Crippen molar-refractivity contribution in [1.82, 2.24) is 8.61 Å². The second kappa shape index (κ2) is 4.23. The molecule has 0 amide bonds. The summed E-state index contributed by atoms with van der Waals surface area (Å²) in [6.07, 6.45) is 0.708. The highest BCUT2D eigenvalue weighted by molar-refractivity contribution is 7.86. The number of rotatable bonds is 2. The van der Waals surface area contributed by atoms with Gasteiger partial charge in [-0.3, -0.25) is 0 Å². The van der Waals surface area contributed by atoms with Crippen molar-refractivity contribution in [1.29, 1.82) is 0 Å². The van der Waals surface area contributed by atoms with Crippen LogP contribution >= 0.6 is 0 Å². The third kappa shape index (κ3) is 1.86. The maximum atomic E-state index is 12.2. The summed E-state index contributed by atoms with van der Waals surface area (Å²) in [7, 11) is -0.285. The van der Waals surface area contributed by atoms with E-state index in [0.717, 1.165) is 0 Å². The van der Waals surface area contributed by atoms with Crippen molar-refractivity contribution < 1.29 is 17.9 Å². The first-order valence-corrected chi connectivity index (χ1v) is 6.75. The van der Waals surface area contributed by atoms with Crippen LogP contribution in [-0.4, -0.2) is 69.6 Å². The summed E-state index contributed by atoms with van der Waals surface area (Å²) in [5.74, 6) is 0. The zero-order valence-electron chi connectivity index (χ0n) is 9.68. The van der Waals surface area contributed by atoms with Gasteiger partial charge in [-0.2, -0.15) is 17.0 Å². The van der Waals surface area contributed by atoms with Crippen LogP contribution in [0.5, 0.6) is 0 Å². The lowest BCUT2D eigenvalue weighted by Gasteiger charge is -2.43. The average Bonchev–Trinajstić information content (AvgIpc) is 2.67. The Kier molecular flexibility index (Phi) is 3.24. The highest BCUT2D eigenvalue weighted by atomic mass is 32.2. The third-order valence-electron chi connectivity index (χ3n) is 3.16. The molecule has 0 bridgehead atoms. The van der Waals surface area contributed by atoms with Gasteiger partial charge in [0, 0.05) is 27.2 Å². The SMILES string of the molecule is CN(C)S(=O)(=O)N1CCOC[C@]12CCOC2. The molecule has 0 N–H and O–H groups in total. The van der Waals surface area contributed by atoms with Crippen molar-refractivity contribution in [2.24, 2.45) is 0 Å². The standard InChI is InChI=1S/C9H18N2O4S/c1-10(2)16(12,13)11-4-6-15-8-9(11)3-5-14-7-9/h3-8H2,1-2H3/t9-/m1/s1. The van der Waals surface area contributed by atoms with E-state index in [0.29, 0.717) is 39.4 Å². The van der Waals surface area contributed by atoms with Gasteiger partial charge in [0.15, 0.2) is 0 Å². The van der Waals surface area contributed by atoms with Crippen molar-refractivity contribution >= 4 is 10.2 Å². The van der Waals surface area contributed by atoms with Crippen LogP contribution in [0, 0.1) is 0 Å². The Hall–Kier alpha value is -0.210. The Morgan fingerprint density at radius 2 is 1.81 bits per heavy atom. The van der Waals surface area contributed by atoms with Crippen LogP contribution in [0.25, 0.3) is 0 Å². The topological polar surface area (TPSA) is 59.1 Å². The van der Waals surface area contributed by atoms with Gasteiger partial charge in [0.25, 0.3) is 10.2 Å². The second-order valence-electron chi connectivity index (χ2n) is 4.44. The van der Waals surface area contributed by atoms with Gasteiger partial charge in [0.05, 0.1) is 25.4 Å². The first-order chi connectivity index (χ1) is 7.49. The van der Waals surface area contributed by atoms with Crippen LogP contribution in [0.3, 0.4) is 0 Å². The fourth-order valence-corrected chi connectivity index (χ4v) is 3.57. The molecule has 94 valence electrons. The first kappa shape index (κ1) is 12.3. The molecule has 0 unspecified atom stereocenters. The van der Waals surface area contributed by atoms with Gasteiger partial charge >= 0.3 is 0 Å². The van der Waals surface area contributed by atoms with E-state index in [4.69, 9.17) is 9.47 Å². The van der Waals surface area contributed by atoms with Crippen molar-refractivity contribution in [2.75, 3.05) is 47.1 Å². The molecule has 0 aliphatic carbocycles. The van der Waals surface area contributed by atoms with Crippen LogP contribution in [0.15, 0.2) is 0 Å². The van der Waals surface area contributed by atoms with E-state index in [1.165, 1.54) is 8.61 Å². The summed E-state index contributed by atoms with van der Waals surface area (Å²) in [6.45, 7) is 2.32. The molecule has 2 heterocycles. The Morgan fingerprint density at radius 1 is 1.19 bits per heavy atom. The van der Waals surface area contributed by atoms with Crippen LogP contribution < -0.4 is 0 Å². The number of morpholine rings is 1. The molecule has 2 aliphatic heterocycles. The summed E-state index contributed by atoms with van der Waals surface area (Å²) in [6, 6.07) is 0. The smallest absolute Gasteiger partial charge is 0.282 e. The summed E-state index contributed by atoms with van der Waals surface area (Å²) in [4.78, 5) is 0. The maximum Gasteiger partial charge on any atom is 0.282 e. The minimum absolute atomic E-state index is 0.407. The zero-order chi connectivity index (χ0) is 11.8. The van der Waals surface area contributed by atoms with Gasteiger partial charge in [0.1, 0.15) is 0 Å². The Balaban J connectivity index is 2.30. The Morgan fingerprint density at radius 3 is 2.31 bits per heavy atom. The van der Waals surface area contributed by atoms with Gasteiger partial charge < -0.3 is 9.47 Å². The fraction of sp³-hybridized carbons (Fsp3) is 1.00. The average molecular weight is 250 g/mol. The van der Waals surface area contributed by atoms with E-state index >= 15 is 0 Å². The van der Waals surface area contributed by atoms with E-state index in [-0.39, 0.29) is 0 Å². The molecular formula is C9H18N2O4S. The van der Waals surface area contributed by atoms with Crippen LogP contribution in [0.4, 0.5) is 0 Å². The number of nitrogens with zero attached hydrogens (tertiary/aromatic N) is 2. The maximum absolute atomic E-state index is 12.2. The summed E-state index contributed by atoms with van der Waals surface area (Å²) in [5, 5.41) is 0. The monoisotopic (exact) mass is 250 g/mol. The van der Waals surface area contributed by atoms with Crippen LogP contribution in [0.1, 0.15) is 6.42 Å². The van der Waals surface area contributed by atoms with Crippen molar-refractivity contribution in [3.63, 3.8) is 0 Å². The normalized spacial score (nSPS) is 32.7. The molecule has 6 nitrogen and oxygen atoms in total. The molecule has 0 aromatic heterocycles. The quantitative estimate of drug-likeness (QED) is 0.649. The molecule has 2 rings (SSSR count). The molecule has 2 saturated heterocycles. The molecule has 2 fully saturated rings. The molecule has 16 heavy (non-hydrogen) atoms. The summed E-state index contributed by atoms with van der Waals surface area (Å²) in [5.41, 5.74) is -0.485. The summed E-state index contributed by atoms with van der Waals surface area (Å²) >= 11 is 0. The third-order valence-corrected chi connectivity index (χ3v) is 5.21. The first-order valence-electron chi connectivity index (χ1n) is 5.35. The van der Waals surface area contributed by atoms with E-state index in [9.17, 15) is 8.42 Å². The van der Waals surface area contributed by atoms with E-state index in [2.05, 4.69) is 0 Å². The largest absolute Gasteiger partial charge is 0.379 e. The highest BCUT2D eigenvalue weighted by Gasteiger charge is 2.49. The van der Waals surface area contributed by atoms with Gasteiger partial charge in [0.2, 0.25) is 0 Å². The summed E-state index contributed by atoms with van der Waals surface area (Å²) < 4.78 is 37.9. The highest BCUT2D eigenvalue weighted by Crippen LogP contribution is 2.32. The van der Waals surface area contributed by atoms with Crippen molar-refractivity contribution in [3.05, 3.63) is 0 Å². The van der Waals surface area contributed by atoms with Crippen LogP contribution in [0.2, 0.25) is 0 Å². The second-order valence-corrected chi connectivity index (χ2v) is 6.51. The van der Waals surface area contributed by atoms with Gasteiger partial charge in [-0.1, -0.05) is 0 Å². The number of hydrogen-bond acceptors (Lipinski definition) is 4. The van der Waals surface area contributed by atoms with Gasteiger partial charge in [-0.15, -0.1) is 0 Å². The van der Waals surface area contributed by atoms with E-state index < -0.39 is 15.7 Å². The molecule has 7 heteroatoms. The molecular weight excluding hydrogens is 232 g/mol.